The molecule has 1 unspecified atom stereocenters. The predicted molar refractivity (Wildman–Crippen MR) is 113 cm³/mol. The van der Waals surface area contributed by atoms with Gasteiger partial charge in [0.05, 0.1) is 17.7 Å². The molecule has 0 spiro atoms. The second kappa shape index (κ2) is 8.38. The quantitative estimate of drug-likeness (QED) is 0.538. The zero-order valence-electron chi connectivity index (χ0n) is 17.6. The van der Waals surface area contributed by atoms with Crippen molar-refractivity contribution in [3.8, 4) is 0 Å². The maximum Gasteiger partial charge on any atom is 0.416 e. The highest BCUT2D eigenvalue weighted by atomic mass is 19.4. The Bertz CT molecular complexity index is 1100. The molecule has 1 aliphatic carbocycles. The van der Waals surface area contributed by atoms with Gasteiger partial charge >= 0.3 is 12.1 Å². The molecule has 0 N–H and O–H groups in total. The van der Waals surface area contributed by atoms with Crippen LogP contribution in [-0.2, 0) is 30.3 Å². The molecule has 0 saturated heterocycles. The van der Waals surface area contributed by atoms with Crippen molar-refractivity contribution < 1.29 is 22.7 Å². The van der Waals surface area contributed by atoms with Crippen molar-refractivity contribution in [2.75, 3.05) is 20.7 Å². The van der Waals surface area contributed by atoms with E-state index in [0.717, 1.165) is 36.9 Å². The van der Waals surface area contributed by atoms with Crippen molar-refractivity contribution in [1.82, 2.24) is 9.47 Å². The van der Waals surface area contributed by atoms with E-state index in [-0.39, 0.29) is 12.2 Å². The molecule has 0 aliphatic heterocycles. The van der Waals surface area contributed by atoms with Gasteiger partial charge in [0.1, 0.15) is 6.61 Å². The van der Waals surface area contributed by atoms with Gasteiger partial charge in [0.25, 0.3) is 0 Å². The monoisotopic (exact) mass is 430 g/mol. The molecule has 0 bridgehead atoms. The number of hydrogen-bond acceptors (Lipinski definition) is 3. The van der Waals surface area contributed by atoms with Gasteiger partial charge in [0, 0.05) is 22.6 Å². The molecule has 3 aromatic rings. The van der Waals surface area contributed by atoms with Gasteiger partial charge in [0.2, 0.25) is 0 Å². The topological polar surface area (TPSA) is 34.5 Å². The van der Waals surface area contributed by atoms with E-state index in [1.54, 1.807) is 0 Å². The number of likely N-dealkylation sites (N-methyl/N-ethyl adjacent to an activating group) is 1. The molecule has 1 aromatic heterocycles. The number of nitrogens with zero attached hydrogens (tertiary/aromatic N) is 2. The molecule has 0 saturated carbocycles. The SMILES string of the molecule is CN(C)C1CCc2c(c3ccccc3n2CCOC(=O)c2cccc(C(F)(F)F)c2)C1. The van der Waals surface area contributed by atoms with Gasteiger partial charge in [-0.2, -0.15) is 13.2 Å². The number of para-hydroxylation sites is 1. The Morgan fingerprint density at radius 3 is 2.68 bits per heavy atom. The summed E-state index contributed by atoms with van der Waals surface area (Å²) in [6.07, 6.45) is -1.53. The van der Waals surface area contributed by atoms with Crippen LogP contribution in [0.3, 0.4) is 0 Å². The summed E-state index contributed by atoms with van der Waals surface area (Å²) in [6.45, 7) is 0.560. The summed E-state index contributed by atoms with van der Waals surface area (Å²) < 4.78 is 46.2. The van der Waals surface area contributed by atoms with Crippen LogP contribution in [0.15, 0.2) is 48.5 Å². The zero-order valence-corrected chi connectivity index (χ0v) is 17.6. The summed E-state index contributed by atoms with van der Waals surface area (Å²) in [5.41, 5.74) is 2.74. The Morgan fingerprint density at radius 1 is 1.16 bits per heavy atom. The van der Waals surface area contributed by atoms with Crippen molar-refractivity contribution >= 4 is 16.9 Å². The lowest BCUT2D eigenvalue weighted by Crippen LogP contribution is -2.33. The van der Waals surface area contributed by atoms with Crippen LogP contribution < -0.4 is 0 Å². The highest BCUT2D eigenvalue weighted by Crippen LogP contribution is 2.33. The van der Waals surface area contributed by atoms with Crippen LogP contribution >= 0.6 is 0 Å². The summed E-state index contributed by atoms with van der Waals surface area (Å²) in [4.78, 5) is 14.6. The fourth-order valence-corrected chi connectivity index (χ4v) is 4.41. The molecule has 0 fully saturated rings. The van der Waals surface area contributed by atoms with Crippen LogP contribution in [0.5, 0.6) is 0 Å². The minimum absolute atomic E-state index is 0.0944. The third kappa shape index (κ3) is 4.32. The predicted octanol–water partition coefficient (Wildman–Crippen LogP) is 4.94. The minimum Gasteiger partial charge on any atom is -0.460 e. The average Bonchev–Trinajstić information content (AvgIpc) is 3.06. The fraction of sp³-hybridized carbons (Fsp3) is 0.375. The largest absolute Gasteiger partial charge is 0.460 e. The van der Waals surface area contributed by atoms with Crippen molar-refractivity contribution in [3.63, 3.8) is 0 Å². The molecule has 1 aliphatic rings. The van der Waals surface area contributed by atoms with Crippen LogP contribution in [0.1, 0.15) is 33.6 Å². The second-order valence-corrected chi connectivity index (χ2v) is 8.17. The molecule has 0 amide bonds. The smallest absolute Gasteiger partial charge is 0.416 e. The van der Waals surface area contributed by atoms with Gasteiger partial charge in [-0.3, -0.25) is 0 Å². The Balaban J connectivity index is 1.51. The van der Waals surface area contributed by atoms with E-state index in [1.807, 2.05) is 12.1 Å². The van der Waals surface area contributed by atoms with Gasteiger partial charge in [-0.25, -0.2) is 4.79 Å². The first-order valence-electron chi connectivity index (χ1n) is 10.4. The Labute approximate surface area is 179 Å². The highest BCUT2D eigenvalue weighted by molar-refractivity contribution is 5.89. The number of benzene rings is 2. The lowest BCUT2D eigenvalue weighted by atomic mass is 9.91. The molecule has 1 heterocycles. The van der Waals surface area contributed by atoms with Crippen molar-refractivity contribution in [3.05, 3.63) is 70.9 Å². The van der Waals surface area contributed by atoms with Crippen LogP contribution in [0.25, 0.3) is 10.9 Å². The first-order chi connectivity index (χ1) is 14.8. The van der Waals surface area contributed by atoms with Crippen molar-refractivity contribution in [2.45, 2.75) is 38.0 Å². The number of ether oxygens (including phenoxy) is 1. The summed E-state index contributed by atoms with van der Waals surface area (Å²) in [7, 11) is 4.20. The van der Waals surface area contributed by atoms with E-state index < -0.39 is 17.7 Å². The van der Waals surface area contributed by atoms with Crippen molar-refractivity contribution in [2.24, 2.45) is 0 Å². The summed E-state index contributed by atoms with van der Waals surface area (Å²) in [5.74, 6) is -0.746. The van der Waals surface area contributed by atoms with E-state index in [0.29, 0.717) is 12.6 Å². The molecule has 4 nitrogen and oxygen atoms in total. The number of halogens is 3. The Hall–Kier alpha value is -2.80. The highest BCUT2D eigenvalue weighted by Gasteiger charge is 2.31. The third-order valence-corrected chi connectivity index (χ3v) is 6.05. The molecule has 7 heteroatoms. The maximum atomic E-state index is 12.9. The molecular weight excluding hydrogens is 405 g/mol. The van der Waals surface area contributed by atoms with E-state index >= 15 is 0 Å². The fourth-order valence-electron chi connectivity index (χ4n) is 4.41. The molecule has 164 valence electrons. The maximum absolute atomic E-state index is 12.9. The van der Waals surface area contributed by atoms with Gasteiger partial charge in [-0.15, -0.1) is 0 Å². The summed E-state index contributed by atoms with van der Waals surface area (Å²) >= 11 is 0. The molecule has 0 radical (unpaired) electrons. The van der Waals surface area contributed by atoms with E-state index in [2.05, 4.69) is 35.7 Å². The number of hydrogen-bond donors (Lipinski definition) is 0. The summed E-state index contributed by atoms with van der Waals surface area (Å²) in [6, 6.07) is 13.0. The number of esters is 1. The van der Waals surface area contributed by atoms with E-state index in [1.165, 1.54) is 28.8 Å². The minimum atomic E-state index is -4.50. The van der Waals surface area contributed by atoms with Crippen LogP contribution in [0, 0.1) is 0 Å². The zero-order chi connectivity index (χ0) is 22.2. The molecule has 4 rings (SSSR count). The van der Waals surface area contributed by atoms with Gasteiger partial charge in [0.15, 0.2) is 0 Å². The normalized spacial score (nSPS) is 16.5. The first kappa shape index (κ1) is 21.4. The number of carbonyl (C=O) groups is 1. The van der Waals surface area contributed by atoms with Gasteiger partial charge in [-0.1, -0.05) is 24.3 Å². The third-order valence-electron chi connectivity index (χ3n) is 6.05. The van der Waals surface area contributed by atoms with E-state index in [9.17, 15) is 18.0 Å². The molecule has 31 heavy (non-hydrogen) atoms. The Kier molecular flexibility index (Phi) is 5.79. The van der Waals surface area contributed by atoms with Gasteiger partial charge < -0.3 is 14.2 Å². The lowest BCUT2D eigenvalue weighted by Gasteiger charge is -2.29. The molecule has 2 aromatic carbocycles. The lowest BCUT2D eigenvalue weighted by molar-refractivity contribution is -0.137. The van der Waals surface area contributed by atoms with E-state index in [4.69, 9.17) is 4.74 Å². The number of fused-ring (bicyclic) bond motifs is 3. The summed E-state index contributed by atoms with van der Waals surface area (Å²) in [5, 5.41) is 1.22. The molecular formula is C24H25F3N2O2. The van der Waals surface area contributed by atoms with Crippen LogP contribution in [-0.4, -0.2) is 42.2 Å². The first-order valence-corrected chi connectivity index (χ1v) is 10.4. The number of aromatic nitrogens is 1. The standard InChI is InChI=1S/C24H25F3N2O2/c1-28(2)18-10-11-22-20(15-18)19-8-3-4-9-21(19)29(22)12-13-31-23(30)16-6-5-7-17(14-16)24(25,26)27/h3-9,14,18H,10-13,15H2,1-2H3. The van der Waals surface area contributed by atoms with Gasteiger partial charge in [-0.05, 0) is 63.2 Å². The Morgan fingerprint density at radius 2 is 1.94 bits per heavy atom. The average molecular weight is 430 g/mol. The number of rotatable bonds is 5. The molecule has 1 atom stereocenters. The second-order valence-electron chi connectivity index (χ2n) is 8.17. The van der Waals surface area contributed by atoms with Crippen LogP contribution in [0.2, 0.25) is 0 Å². The number of alkyl halides is 3. The van der Waals surface area contributed by atoms with Crippen LogP contribution in [0.4, 0.5) is 13.2 Å². The van der Waals surface area contributed by atoms with Crippen molar-refractivity contribution in [1.29, 1.82) is 0 Å². The number of carbonyl (C=O) groups excluding carboxylic acids is 1.